The quantitative estimate of drug-likeness (QED) is 0.720. The summed E-state index contributed by atoms with van der Waals surface area (Å²) in [5.74, 6) is -2.50. The number of nitrogens with one attached hydrogen (secondary N) is 2. The van der Waals surface area contributed by atoms with Crippen molar-refractivity contribution in [3.63, 3.8) is 0 Å². The van der Waals surface area contributed by atoms with Crippen molar-refractivity contribution < 1.29 is 26.8 Å². The molecule has 0 atom stereocenters. The molecule has 1 fully saturated rings. The fraction of sp³-hybridized carbons (Fsp3) is 0.500. The smallest absolute Gasteiger partial charge is 0.321 e. The van der Waals surface area contributed by atoms with Crippen molar-refractivity contribution in [2.45, 2.75) is 18.2 Å². The number of hydrogen-bond acceptors (Lipinski definition) is 5. The van der Waals surface area contributed by atoms with Gasteiger partial charge in [0.05, 0.1) is 6.54 Å². The second-order valence-corrected chi connectivity index (χ2v) is 7.97. The van der Waals surface area contributed by atoms with Gasteiger partial charge in [-0.05, 0) is 18.6 Å². The van der Waals surface area contributed by atoms with E-state index in [1.807, 2.05) is 6.92 Å². The van der Waals surface area contributed by atoms with Crippen LogP contribution in [0.4, 0.5) is 13.6 Å². The van der Waals surface area contributed by atoms with Crippen LogP contribution in [-0.2, 0) is 14.8 Å². The predicted octanol–water partition coefficient (Wildman–Crippen LogP) is 0.507. The van der Waals surface area contributed by atoms with E-state index in [2.05, 4.69) is 10.6 Å². The molecule has 27 heavy (non-hydrogen) atoms. The van der Waals surface area contributed by atoms with Crippen LogP contribution in [0.5, 0.6) is 0 Å². The number of urea groups is 1. The van der Waals surface area contributed by atoms with Crippen molar-refractivity contribution in [2.24, 2.45) is 0 Å². The Bertz CT molecular complexity index is 796. The molecular formula is C16H22F2N4O4S. The van der Waals surface area contributed by atoms with Crippen molar-refractivity contribution in [2.75, 3.05) is 39.3 Å². The number of benzene rings is 1. The summed E-state index contributed by atoms with van der Waals surface area (Å²) in [7, 11) is -4.09. The fourth-order valence-electron chi connectivity index (χ4n) is 2.60. The summed E-state index contributed by atoms with van der Waals surface area (Å²) in [5.41, 5.74) is 0. The highest BCUT2D eigenvalue weighted by atomic mass is 32.2. The number of rotatable bonds is 6. The molecule has 0 radical (unpaired) electrons. The van der Waals surface area contributed by atoms with E-state index in [4.69, 9.17) is 0 Å². The first-order chi connectivity index (χ1) is 12.7. The molecule has 8 nitrogen and oxygen atoms in total. The number of carbonyl (C=O) groups excluding carboxylic acids is 2. The Hall–Kier alpha value is -2.11. The molecule has 0 aromatic heterocycles. The van der Waals surface area contributed by atoms with E-state index < -0.39 is 38.5 Å². The first kappa shape index (κ1) is 21.2. The highest BCUT2D eigenvalue weighted by Crippen LogP contribution is 2.21. The molecule has 1 aromatic rings. The Kier molecular flexibility index (Phi) is 7.22. The number of amides is 3. The molecule has 0 bridgehead atoms. The van der Waals surface area contributed by atoms with Gasteiger partial charge in [0.1, 0.15) is 16.5 Å². The van der Waals surface area contributed by atoms with Crippen molar-refractivity contribution in [3.05, 3.63) is 29.8 Å². The lowest BCUT2D eigenvalue weighted by atomic mass is 10.3. The van der Waals surface area contributed by atoms with Crippen LogP contribution in [0.15, 0.2) is 23.1 Å². The summed E-state index contributed by atoms with van der Waals surface area (Å²) >= 11 is 0. The van der Waals surface area contributed by atoms with Gasteiger partial charge in [-0.15, -0.1) is 0 Å². The third-order valence-electron chi connectivity index (χ3n) is 4.00. The number of sulfonamides is 1. The molecule has 1 saturated heterocycles. The minimum absolute atomic E-state index is 0.0501. The highest BCUT2D eigenvalue weighted by Gasteiger charge is 2.31. The first-order valence-corrected chi connectivity index (χ1v) is 9.93. The van der Waals surface area contributed by atoms with Crippen LogP contribution in [0.3, 0.4) is 0 Å². The number of piperazine rings is 1. The monoisotopic (exact) mass is 404 g/mol. The minimum atomic E-state index is -4.09. The third-order valence-corrected chi connectivity index (χ3v) is 5.93. The van der Waals surface area contributed by atoms with Gasteiger partial charge < -0.3 is 5.32 Å². The molecule has 0 spiro atoms. The molecule has 2 rings (SSSR count). The van der Waals surface area contributed by atoms with Gasteiger partial charge in [-0.25, -0.2) is 22.0 Å². The molecule has 1 aliphatic rings. The van der Waals surface area contributed by atoms with E-state index in [1.54, 1.807) is 4.90 Å². The van der Waals surface area contributed by atoms with E-state index in [-0.39, 0.29) is 32.7 Å². The number of halogens is 2. The molecule has 0 unspecified atom stereocenters. The van der Waals surface area contributed by atoms with E-state index in [9.17, 15) is 26.8 Å². The molecule has 1 aromatic carbocycles. The third kappa shape index (κ3) is 5.68. The largest absolute Gasteiger partial charge is 0.338 e. The fourth-order valence-corrected chi connectivity index (χ4v) is 4.07. The zero-order chi connectivity index (χ0) is 20.0. The van der Waals surface area contributed by atoms with Gasteiger partial charge >= 0.3 is 6.03 Å². The van der Waals surface area contributed by atoms with Gasteiger partial charge in [-0.1, -0.05) is 6.92 Å². The van der Waals surface area contributed by atoms with Crippen LogP contribution in [-0.4, -0.2) is 68.8 Å². The maximum absolute atomic E-state index is 13.8. The summed E-state index contributed by atoms with van der Waals surface area (Å²) in [6, 6.07) is 1.74. The zero-order valence-electron chi connectivity index (χ0n) is 14.9. The zero-order valence-corrected chi connectivity index (χ0v) is 15.7. The summed E-state index contributed by atoms with van der Waals surface area (Å²) in [4.78, 5) is 24.4. The molecule has 11 heteroatoms. The molecule has 150 valence electrons. The average Bonchev–Trinajstić information content (AvgIpc) is 2.60. The van der Waals surface area contributed by atoms with Crippen molar-refractivity contribution in [1.82, 2.24) is 19.8 Å². The molecule has 3 amide bonds. The maximum atomic E-state index is 13.8. The van der Waals surface area contributed by atoms with Gasteiger partial charge in [-0.3, -0.25) is 15.0 Å². The standard InChI is InChI=1S/C16H22F2N4O4S/c1-2-5-19-16(24)20-15(23)11-21-6-8-22(9-7-21)27(25,26)14-4-3-12(17)10-13(14)18/h3-4,10H,2,5-9,11H2,1H3,(H2,19,20,23,24). The van der Waals surface area contributed by atoms with E-state index in [1.165, 1.54) is 0 Å². The van der Waals surface area contributed by atoms with Crippen LogP contribution >= 0.6 is 0 Å². The van der Waals surface area contributed by atoms with Crippen LogP contribution in [0.1, 0.15) is 13.3 Å². The van der Waals surface area contributed by atoms with Gasteiger partial charge in [0.25, 0.3) is 0 Å². The van der Waals surface area contributed by atoms with Crippen LogP contribution < -0.4 is 10.6 Å². The van der Waals surface area contributed by atoms with Gasteiger partial charge in [0.2, 0.25) is 15.9 Å². The van der Waals surface area contributed by atoms with Crippen molar-refractivity contribution in [3.8, 4) is 0 Å². The SMILES string of the molecule is CCCNC(=O)NC(=O)CN1CCN(S(=O)(=O)c2ccc(F)cc2F)CC1. The summed E-state index contributed by atoms with van der Waals surface area (Å²) in [5, 5.41) is 4.71. The van der Waals surface area contributed by atoms with Gasteiger partial charge in [0, 0.05) is 38.8 Å². The van der Waals surface area contributed by atoms with Crippen LogP contribution in [0.2, 0.25) is 0 Å². The van der Waals surface area contributed by atoms with E-state index >= 15 is 0 Å². The molecule has 0 saturated carbocycles. The Morgan fingerprint density at radius 2 is 1.81 bits per heavy atom. The van der Waals surface area contributed by atoms with E-state index in [0.29, 0.717) is 12.6 Å². The predicted molar refractivity (Wildman–Crippen MR) is 93.4 cm³/mol. The Morgan fingerprint density at radius 1 is 1.15 bits per heavy atom. The number of imide groups is 1. The maximum Gasteiger partial charge on any atom is 0.321 e. The Morgan fingerprint density at radius 3 is 2.41 bits per heavy atom. The van der Waals surface area contributed by atoms with Gasteiger partial charge in [-0.2, -0.15) is 4.31 Å². The van der Waals surface area contributed by atoms with Crippen LogP contribution in [0.25, 0.3) is 0 Å². The topological polar surface area (TPSA) is 98.8 Å². The molecule has 0 aliphatic carbocycles. The number of carbonyl (C=O) groups is 2. The lowest BCUT2D eigenvalue weighted by molar-refractivity contribution is -0.121. The normalized spacial score (nSPS) is 16.1. The molecule has 2 N–H and O–H groups in total. The lowest BCUT2D eigenvalue weighted by Crippen LogP contribution is -2.52. The Balaban J connectivity index is 1.89. The van der Waals surface area contributed by atoms with Crippen molar-refractivity contribution >= 4 is 22.0 Å². The molecular weight excluding hydrogens is 382 g/mol. The van der Waals surface area contributed by atoms with Crippen molar-refractivity contribution in [1.29, 1.82) is 0 Å². The number of nitrogens with zero attached hydrogens (tertiary/aromatic N) is 2. The molecule has 1 aliphatic heterocycles. The second-order valence-electron chi connectivity index (χ2n) is 6.06. The summed E-state index contributed by atoms with van der Waals surface area (Å²) in [6.07, 6.45) is 0.743. The van der Waals surface area contributed by atoms with Gasteiger partial charge in [0.15, 0.2) is 0 Å². The highest BCUT2D eigenvalue weighted by molar-refractivity contribution is 7.89. The number of hydrogen-bond donors (Lipinski definition) is 2. The summed E-state index contributed by atoms with van der Waals surface area (Å²) < 4.78 is 52.9. The van der Waals surface area contributed by atoms with Crippen LogP contribution in [0, 0.1) is 11.6 Å². The molecule has 1 heterocycles. The second kappa shape index (κ2) is 9.20. The average molecular weight is 404 g/mol. The van der Waals surface area contributed by atoms with E-state index in [0.717, 1.165) is 22.9 Å². The lowest BCUT2D eigenvalue weighted by Gasteiger charge is -2.33. The Labute approximate surface area is 156 Å². The summed E-state index contributed by atoms with van der Waals surface area (Å²) in [6.45, 7) is 2.86. The minimum Gasteiger partial charge on any atom is -0.338 e. The first-order valence-electron chi connectivity index (χ1n) is 8.49.